The summed E-state index contributed by atoms with van der Waals surface area (Å²) in [6.07, 6.45) is 2.31. The number of ether oxygens (including phenoxy) is 1. The SMILES string of the molecule is CC(=O)OCc1ccc(NC(=O)[C@H](C)NC(=O)[C@@H](NC(=O)CCCCCN2C(=O)CC(C)C2=O)C(C)C)cc1. The molecule has 2 rings (SSSR count). The molecule has 5 amide bonds. The van der Waals surface area contributed by atoms with Gasteiger partial charge in [0.25, 0.3) is 0 Å². The molecule has 0 bridgehead atoms. The first kappa shape index (κ1) is 31.5. The smallest absolute Gasteiger partial charge is 0.302 e. The van der Waals surface area contributed by atoms with Gasteiger partial charge in [-0.05, 0) is 43.4 Å². The van der Waals surface area contributed by atoms with E-state index in [4.69, 9.17) is 4.74 Å². The summed E-state index contributed by atoms with van der Waals surface area (Å²) in [6.45, 7) is 8.73. The minimum absolute atomic E-state index is 0.137. The molecule has 0 aliphatic carbocycles. The van der Waals surface area contributed by atoms with Crippen LogP contribution >= 0.6 is 0 Å². The highest BCUT2D eigenvalue weighted by Crippen LogP contribution is 2.19. The fraction of sp³-hybridized carbons (Fsp3) is 0.571. The number of carbonyl (C=O) groups is 6. The zero-order chi connectivity index (χ0) is 29.1. The van der Waals surface area contributed by atoms with E-state index in [1.54, 1.807) is 52.0 Å². The van der Waals surface area contributed by atoms with Gasteiger partial charge in [0, 0.05) is 37.9 Å². The molecule has 3 N–H and O–H groups in total. The second-order valence-corrected chi connectivity index (χ2v) is 10.3. The van der Waals surface area contributed by atoms with Crippen LogP contribution in [0.5, 0.6) is 0 Å². The Kier molecular flexibility index (Phi) is 12.1. The third-order valence-electron chi connectivity index (χ3n) is 6.44. The Labute approximate surface area is 229 Å². The van der Waals surface area contributed by atoms with Crippen LogP contribution in [0.3, 0.4) is 0 Å². The van der Waals surface area contributed by atoms with E-state index in [9.17, 15) is 28.8 Å². The Balaban J connectivity index is 1.75. The average molecular weight is 545 g/mol. The molecule has 1 aromatic carbocycles. The molecule has 3 atom stereocenters. The van der Waals surface area contributed by atoms with Crippen LogP contribution in [0.2, 0.25) is 0 Å². The van der Waals surface area contributed by atoms with Crippen LogP contribution in [0.1, 0.15) is 72.3 Å². The molecule has 11 nitrogen and oxygen atoms in total. The van der Waals surface area contributed by atoms with E-state index in [1.807, 2.05) is 0 Å². The second-order valence-electron chi connectivity index (χ2n) is 10.3. The molecular weight excluding hydrogens is 504 g/mol. The van der Waals surface area contributed by atoms with Crippen LogP contribution < -0.4 is 16.0 Å². The van der Waals surface area contributed by atoms with Gasteiger partial charge in [0.05, 0.1) is 0 Å². The quantitative estimate of drug-likeness (QED) is 0.185. The number of likely N-dealkylation sites (tertiary alicyclic amines) is 1. The van der Waals surface area contributed by atoms with Crippen molar-refractivity contribution in [3.8, 4) is 0 Å². The van der Waals surface area contributed by atoms with E-state index >= 15 is 0 Å². The van der Waals surface area contributed by atoms with Gasteiger partial charge in [0.15, 0.2) is 0 Å². The van der Waals surface area contributed by atoms with Gasteiger partial charge in [-0.3, -0.25) is 33.7 Å². The van der Waals surface area contributed by atoms with Crippen LogP contribution in [-0.2, 0) is 40.1 Å². The molecule has 0 spiro atoms. The summed E-state index contributed by atoms with van der Waals surface area (Å²) in [7, 11) is 0. The summed E-state index contributed by atoms with van der Waals surface area (Å²) in [5, 5.41) is 8.13. The largest absolute Gasteiger partial charge is 0.461 e. The lowest BCUT2D eigenvalue weighted by Gasteiger charge is -2.24. The van der Waals surface area contributed by atoms with Gasteiger partial charge < -0.3 is 20.7 Å². The highest BCUT2D eigenvalue weighted by atomic mass is 16.5. The number of nitrogens with one attached hydrogen (secondary N) is 3. The molecule has 214 valence electrons. The van der Waals surface area contributed by atoms with Gasteiger partial charge in [-0.2, -0.15) is 0 Å². The maximum Gasteiger partial charge on any atom is 0.302 e. The summed E-state index contributed by atoms with van der Waals surface area (Å²) in [4.78, 5) is 74.0. The van der Waals surface area contributed by atoms with Crippen molar-refractivity contribution in [1.82, 2.24) is 15.5 Å². The maximum absolute atomic E-state index is 12.9. The van der Waals surface area contributed by atoms with Crippen molar-refractivity contribution in [2.75, 3.05) is 11.9 Å². The summed E-state index contributed by atoms with van der Waals surface area (Å²) in [6, 6.07) is 5.12. The zero-order valence-electron chi connectivity index (χ0n) is 23.4. The van der Waals surface area contributed by atoms with Crippen molar-refractivity contribution in [3.63, 3.8) is 0 Å². The van der Waals surface area contributed by atoms with E-state index < -0.39 is 23.9 Å². The molecule has 1 heterocycles. The number of unbranched alkanes of at least 4 members (excludes halogenated alkanes) is 2. The summed E-state index contributed by atoms with van der Waals surface area (Å²) < 4.78 is 4.93. The molecule has 1 saturated heterocycles. The number of amides is 5. The lowest BCUT2D eigenvalue weighted by molar-refractivity contribution is -0.142. The first-order valence-corrected chi connectivity index (χ1v) is 13.4. The number of hydrogen-bond acceptors (Lipinski definition) is 7. The third kappa shape index (κ3) is 10.1. The molecule has 1 aliphatic heterocycles. The molecule has 1 fully saturated rings. The monoisotopic (exact) mass is 544 g/mol. The van der Waals surface area contributed by atoms with Crippen LogP contribution in [-0.4, -0.2) is 59.0 Å². The van der Waals surface area contributed by atoms with Gasteiger partial charge in [-0.15, -0.1) is 0 Å². The van der Waals surface area contributed by atoms with Crippen LogP contribution in [0.4, 0.5) is 5.69 Å². The number of rotatable bonds is 14. The highest BCUT2D eigenvalue weighted by Gasteiger charge is 2.34. The first-order chi connectivity index (χ1) is 18.4. The van der Waals surface area contributed by atoms with Crippen LogP contribution in [0, 0.1) is 11.8 Å². The predicted octanol–water partition coefficient (Wildman–Crippen LogP) is 2.29. The Morgan fingerprint density at radius 2 is 1.64 bits per heavy atom. The molecule has 11 heteroatoms. The fourth-order valence-corrected chi connectivity index (χ4v) is 4.08. The van der Waals surface area contributed by atoms with E-state index in [0.29, 0.717) is 31.5 Å². The van der Waals surface area contributed by atoms with Crippen molar-refractivity contribution in [1.29, 1.82) is 0 Å². The van der Waals surface area contributed by atoms with Gasteiger partial charge in [-0.25, -0.2) is 0 Å². The van der Waals surface area contributed by atoms with Crippen molar-refractivity contribution in [3.05, 3.63) is 29.8 Å². The summed E-state index contributed by atoms with van der Waals surface area (Å²) in [5.74, 6) is -2.30. The zero-order valence-corrected chi connectivity index (χ0v) is 23.4. The Hall–Kier alpha value is -3.76. The number of benzene rings is 1. The van der Waals surface area contributed by atoms with Gasteiger partial charge in [0.2, 0.25) is 29.5 Å². The van der Waals surface area contributed by atoms with E-state index in [0.717, 1.165) is 5.56 Å². The highest BCUT2D eigenvalue weighted by molar-refractivity contribution is 6.03. The summed E-state index contributed by atoms with van der Waals surface area (Å²) in [5.41, 5.74) is 1.29. The standard InChI is InChI=1S/C28H40N4O7/c1-17(2)25(31-23(34)9-7-6-8-14-32-24(35)15-18(3)28(32)38)27(37)29-19(4)26(36)30-22-12-10-21(11-13-22)16-39-20(5)33/h10-13,17-19,25H,6-9,14-16H2,1-5H3,(H,29,37)(H,30,36)(H,31,34)/t18?,19-,25-/m0/s1. The molecule has 0 saturated carbocycles. The summed E-state index contributed by atoms with van der Waals surface area (Å²) >= 11 is 0. The fourth-order valence-electron chi connectivity index (χ4n) is 4.08. The van der Waals surface area contributed by atoms with Gasteiger partial charge in [0.1, 0.15) is 18.7 Å². The van der Waals surface area contributed by atoms with Crippen molar-refractivity contribution in [2.45, 2.75) is 85.4 Å². The third-order valence-corrected chi connectivity index (χ3v) is 6.44. The lowest BCUT2D eigenvalue weighted by atomic mass is 10.0. The number of esters is 1. The topological polar surface area (TPSA) is 151 Å². The number of imide groups is 1. The normalized spacial score (nSPS) is 16.6. The van der Waals surface area contributed by atoms with Gasteiger partial charge >= 0.3 is 5.97 Å². The molecule has 1 aliphatic rings. The number of nitrogens with zero attached hydrogens (tertiary/aromatic N) is 1. The molecule has 39 heavy (non-hydrogen) atoms. The van der Waals surface area contributed by atoms with Crippen molar-refractivity contribution < 1.29 is 33.5 Å². The number of anilines is 1. The van der Waals surface area contributed by atoms with E-state index in [-0.39, 0.29) is 55.0 Å². The maximum atomic E-state index is 12.9. The van der Waals surface area contributed by atoms with Gasteiger partial charge in [-0.1, -0.05) is 39.3 Å². The molecule has 1 unspecified atom stereocenters. The number of carbonyl (C=O) groups excluding carboxylic acids is 6. The average Bonchev–Trinajstić information content (AvgIpc) is 3.11. The molecule has 0 aromatic heterocycles. The first-order valence-electron chi connectivity index (χ1n) is 13.4. The molecule has 1 aromatic rings. The Bertz CT molecular complexity index is 1050. The Morgan fingerprint density at radius 1 is 0.974 bits per heavy atom. The minimum atomic E-state index is -0.852. The van der Waals surface area contributed by atoms with Crippen molar-refractivity contribution >= 4 is 41.2 Å². The Morgan fingerprint density at radius 3 is 2.21 bits per heavy atom. The van der Waals surface area contributed by atoms with Crippen LogP contribution in [0.25, 0.3) is 0 Å². The lowest BCUT2D eigenvalue weighted by Crippen LogP contribution is -2.53. The predicted molar refractivity (Wildman–Crippen MR) is 144 cm³/mol. The van der Waals surface area contributed by atoms with Crippen LogP contribution in [0.15, 0.2) is 24.3 Å². The molecule has 0 radical (unpaired) electrons. The van der Waals surface area contributed by atoms with Crippen molar-refractivity contribution in [2.24, 2.45) is 11.8 Å². The second kappa shape index (κ2) is 15.0. The van der Waals surface area contributed by atoms with E-state index in [1.165, 1.54) is 11.8 Å². The van der Waals surface area contributed by atoms with E-state index in [2.05, 4.69) is 16.0 Å². The molecular formula is C28H40N4O7. The number of hydrogen-bond donors (Lipinski definition) is 3. The minimum Gasteiger partial charge on any atom is -0.461 e.